The van der Waals surface area contributed by atoms with Crippen molar-refractivity contribution in [2.45, 2.75) is 0 Å². The Kier molecular flexibility index (Phi) is 98.0. The summed E-state index contributed by atoms with van der Waals surface area (Å²) < 4.78 is 25.6. The fraction of sp³-hybridized carbons (Fsp3) is 0. The van der Waals surface area contributed by atoms with Crippen molar-refractivity contribution in [1.82, 2.24) is 0 Å². The quantitative estimate of drug-likeness (QED) is 0.327. The van der Waals surface area contributed by atoms with Crippen LogP contribution in [0.15, 0.2) is 0 Å². The molecule has 0 unspecified atom stereocenters. The van der Waals surface area contributed by atoms with Gasteiger partial charge in [-0.05, 0) is 0 Å². The van der Waals surface area contributed by atoms with Gasteiger partial charge in [0.15, 0.2) is 0 Å². The van der Waals surface area contributed by atoms with Gasteiger partial charge in [0.2, 0.25) is 0 Å². The summed E-state index contributed by atoms with van der Waals surface area (Å²) in [6.07, 6.45) is 0. The summed E-state index contributed by atoms with van der Waals surface area (Å²) in [5.74, 6) is 0. The molecule has 0 spiro atoms. The molecule has 0 saturated heterocycles. The Morgan fingerprint density at radius 3 is 0.500 bits per heavy atom. The molecule has 0 fully saturated rings. The molecule has 0 atom stereocenters. The zero-order valence-corrected chi connectivity index (χ0v) is 14.5. The second kappa shape index (κ2) is 36.0. The van der Waals surface area contributed by atoms with Gasteiger partial charge >= 0.3 is 34.7 Å². The Morgan fingerprint density at radius 2 is 0.500 bits per heavy atom. The van der Waals surface area contributed by atoms with Gasteiger partial charge in [0.1, 0.15) is 0 Å². The average molecular weight is 444 g/mol. The van der Waals surface area contributed by atoms with Gasteiger partial charge in [-0.2, -0.15) is 0 Å². The molecule has 0 aliphatic rings. The van der Waals surface area contributed by atoms with E-state index in [0.717, 1.165) is 0 Å². The summed E-state index contributed by atoms with van der Waals surface area (Å²) in [5.41, 5.74) is 0. The molecule has 0 bridgehead atoms. The molecular weight excluding hydrogens is 444 g/mol. The van der Waals surface area contributed by atoms with Crippen LogP contribution in [0.5, 0.6) is 0 Å². The first-order chi connectivity index (χ1) is 5.20. The van der Waals surface area contributed by atoms with Crippen LogP contribution in [0.4, 0.5) is 0 Å². The summed E-state index contributed by atoms with van der Waals surface area (Å²) in [7, 11) is -10.9. The fourth-order valence-electron chi connectivity index (χ4n) is 0. The number of rotatable bonds is 0. The van der Waals surface area contributed by atoms with E-state index >= 15 is 0 Å². The number of hydrogen-bond acceptors (Lipinski definition) is 9. The molecule has 0 heterocycles. The SMILES string of the molecule is O=[Si]([O-])[O-].O=[Si]([O-])[O-].O=[Si]([O-])[O-].[Cr+3].[Cr+3].[Fe].[Fe]. The Hall–Kier alpha value is 0.955. The normalized spacial score (nSPS) is 4.50. The third-order valence-electron chi connectivity index (χ3n) is 0. The second-order valence-electron chi connectivity index (χ2n) is 0.750. The van der Waals surface area contributed by atoms with Crippen LogP contribution in [-0.4, -0.2) is 27.5 Å². The largest absolute Gasteiger partial charge is 3.00 e. The maximum absolute atomic E-state index is 8.52. The van der Waals surface area contributed by atoms with Gasteiger partial charge in [-0.1, -0.05) is 0 Å². The van der Waals surface area contributed by atoms with E-state index in [2.05, 4.69) is 0 Å². The molecule has 0 aliphatic carbocycles. The van der Waals surface area contributed by atoms with Crippen molar-refractivity contribution in [3.8, 4) is 0 Å². The topological polar surface area (TPSA) is 190 Å². The van der Waals surface area contributed by atoms with Gasteiger partial charge in [-0.3, -0.25) is 0 Å². The molecule has 0 saturated carbocycles. The van der Waals surface area contributed by atoms with Crippen LogP contribution in [0.3, 0.4) is 0 Å². The zero-order valence-electron chi connectivity index (χ0n) is 6.70. The summed E-state index contributed by atoms with van der Waals surface area (Å²) in [6, 6.07) is 0. The van der Waals surface area contributed by atoms with Crippen molar-refractivity contribution in [3.63, 3.8) is 0 Å². The summed E-state index contributed by atoms with van der Waals surface area (Å²) in [6.45, 7) is 0. The number of hydrogen-bond donors (Lipinski definition) is 0. The monoisotopic (exact) mass is 444 g/mol. The molecule has 0 amide bonds. The first-order valence-corrected chi connectivity index (χ1v) is 5.51. The first-order valence-electron chi connectivity index (χ1n) is 1.84. The second-order valence-corrected chi connectivity index (χ2v) is 2.25. The van der Waals surface area contributed by atoms with E-state index in [-0.39, 0.29) is 68.9 Å². The molecule has 0 rings (SSSR count). The predicted octanol–water partition coefficient (Wildman–Crippen LogP) is -8.64. The summed E-state index contributed by atoms with van der Waals surface area (Å²) in [5, 5.41) is 0. The van der Waals surface area contributed by atoms with Crippen LogP contribution in [0.25, 0.3) is 0 Å². The molecule has 0 aromatic carbocycles. The molecule has 9 nitrogen and oxygen atoms in total. The van der Waals surface area contributed by atoms with E-state index in [0.29, 0.717) is 0 Å². The van der Waals surface area contributed by atoms with E-state index in [4.69, 9.17) is 42.2 Å². The Balaban J connectivity index is -0.0000000135. The minimum Gasteiger partial charge on any atom is -0.672 e. The molecule has 16 heteroatoms. The predicted molar refractivity (Wildman–Crippen MR) is 19.3 cm³/mol. The maximum Gasteiger partial charge on any atom is 3.00 e. The Bertz CT molecular complexity index is 124. The van der Waals surface area contributed by atoms with Gasteiger partial charge in [0.05, 0.1) is 0 Å². The summed E-state index contributed by atoms with van der Waals surface area (Å²) >= 11 is 0. The smallest absolute Gasteiger partial charge is 0.672 e. The van der Waals surface area contributed by atoms with Gasteiger partial charge in [0, 0.05) is 61.6 Å². The van der Waals surface area contributed by atoms with Crippen molar-refractivity contribution in [3.05, 3.63) is 0 Å². The minimum absolute atomic E-state index is 0. The van der Waals surface area contributed by atoms with Crippen molar-refractivity contribution >= 4 is 27.5 Å². The maximum atomic E-state index is 8.52. The van der Waals surface area contributed by atoms with Gasteiger partial charge < -0.3 is 42.2 Å². The van der Waals surface area contributed by atoms with E-state index < -0.39 is 27.5 Å². The molecule has 16 heavy (non-hydrogen) atoms. The van der Waals surface area contributed by atoms with E-state index in [1.807, 2.05) is 0 Å². The zero-order chi connectivity index (χ0) is 10.7. The van der Waals surface area contributed by atoms with Crippen molar-refractivity contribution in [2.24, 2.45) is 0 Å². The van der Waals surface area contributed by atoms with E-state index in [9.17, 15) is 0 Å². The molecule has 2 radical (unpaired) electrons. The van der Waals surface area contributed by atoms with E-state index in [1.165, 1.54) is 0 Å². The Labute approximate surface area is 137 Å². The average Bonchev–Trinajstić information content (AvgIpc) is 1.54. The van der Waals surface area contributed by atoms with Crippen LogP contribution in [-0.2, 0) is 82.2 Å². The molecular formula is Cr2Fe2O9Si3. The fourth-order valence-corrected chi connectivity index (χ4v) is 0. The third-order valence-corrected chi connectivity index (χ3v) is 0. The molecule has 0 N–H and O–H groups in total. The minimum atomic E-state index is -3.63. The van der Waals surface area contributed by atoms with Crippen LogP contribution in [0.1, 0.15) is 0 Å². The van der Waals surface area contributed by atoms with Crippen LogP contribution >= 0.6 is 0 Å². The molecule has 0 aromatic rings. The Morgan fingerprint density at radius 1 is 0.500 bits per heavy atom. The van der Waals surface area contributed by atoms with Gasteiger partial charge in [0.25, 0.3) is 0 Å². The molecule has 94 valence electrons. The van der Waals surface area contributed by atoms with Gasteiger partial charge in [-0.15, -0.1) is 0 Å². The summed E-state index contributed by atoms with van der Waals surface area (Å²) in [4.78, 5) is 51.1. The van der Waals surface area contributed by atoms with Crippen LogP contribution in [0.2, 0.25) is 0 Å². The van der Waals surface area contributed by atoms with E-state index in [1.54, 1.807) is 0 Å². The van der Waals surface area contributed by atoms with Crippen molar-refractivity contribution in [1.29, 1.82) is 0 Å². The molecule has 0 aliphatic heterocycles. The van der Waals surface area contributed by atoms with Crippen molar-refractivity contribution in [2.75, 3.05) is 0 Å². The van der Waals surface area contributed by atoms with Crippen molar-refractivity contribution < 1.29 is 111 Å². The third kappa shape index (κ3) is 3200. The van der Waals surface area contributed by atoms with Crippen LogP contribution in [0, 0.1) is 0 Å². The molecule has 0 aromatic heterocycles. The standard InChI is InChI=1S/2Cr.2Fe.3O3Si/c;;;;3*1-4(2)3/q2*+3;;;3*-2. The van der Waals surface area contributed by atoms with Crippen LogP contribution < -0.4 is 28.8 Å². The van der Waals surface area contributed by atoms with Gasteiger partial charge in [-0.25, -0.2) is 0 Å². The first kappa shape index (κ1) is 43.6.